The molecule has 1 atom stereocenters. The Hall–Kier alpha value is -2.88. The molecule has 10 heteroatoms. The van der Waals surface area contributed by atoms with Crippen LogP contribution in [-0.4, -0.2) is 50.8 Å². The first-order valence-corrected chi connectivity index (χ1v) is 11.4. The number of carbonyl (C=O) groups is 1. The highest BCUT2D eigenvalue weighted by Gasteiger charge is 2.34. The van der Waals surface area contributed by atoms with Crippen LogP contribution in [0.3, 0.4) is 0 Å². The van der Waals surface area contributed by atoms with Gasteiger partial charge in [0.05, 0.1) is 30.2 Å². The molecule has 1 aliphatic heterocycles. The first kappa shape index (κ1) is 21.0. The number of likely N-dealkylation sites (tertiary alicyclic amines) is 1. The van der Waals surface area contributed by atoms with Gasteiger partial charge < -0.3 is 14.3 Å². The molecular weight excluding hydrogens is 452 g/mol. The summed E-state index contributed by atoms with van der Waals surface area (Å²) in [5, 5.41) is 16.2. The molecule has 0 saturated carbocycles. The topological polar surface area (TPSA) is 93.1 Å². The number of hydrogen-bond donors (Lipinski definition) is 1. The number of methoxy groups -OCH3 is 1. The summed E-state index contributed by atoms with van der Waals surface area (Å²) in [6.07, 6.45) is 2.95. The van der Waals surface area contributed by atoms with Crippen molar-refractivity contribution in [2.75, 3.05) is 20.2 Å². The van der Waals surface area contributed by atoms with Crippen molar-refractivity contribution in [1.29, 1.82) is 0 Å². The monoisotopic (exact) mass is 472 g/mol. The van der Waals surface area contributed by atoms with Gasteiger partial charge >= 0.3 is 5.97 Å². The zero-order valence-electron chi connectivity index (χ0n) is 17.3. The van der Waals surface area contributed by atoms with Gasteiger partial charge in [0.25, 0.3) is 0 Å². The smallest absolute Gasteiger partial charge is 0.308 e. The van der Waals surface area contributed by atoms with Crippen LogP contribution in [0.25, 0.3) is 16.5 Å². The fourth-order valence-corrected chi connectivity index (χ4v) is 5.41. The van der Waals surface area contributed by atoms with Gasteiger partial charge in [0.2, 0.25) is 16.7 Å². The number of fused-ring (bicyclic) bond motifs is 1. The number of hydrogen-bond acceptors (Lipinski definition) is 8. The van der Waals surface area contributed by atoms with Crippen LogP contribution in [0.2, 0.25) is 5.02 Å². The molecule has 4 aromatic rings. The SMILES string of the molecule is COC(=O)C1CCN([C@H](c2ccc(Cl)cc2)c2sc3nc(-c4ccco4)nn3c2O)CC1. The number of ether oxygens (including phenoxy) is 1. The molecule has 0 spiro atoms. The van der Waals surface area contributed by atoms with Crippen LogP contribution in [0.5, 0.6) is 5.88 Å². The minimum Gasteiger partial charge on any atom is -0.492 e. The molecule has 0 radical (unpaired) electrons. The maximum absolute atomic E-state index is 12.0. The van der Waals surface area contributed by atoms with E-state index in [4.69, 9.17) is 20.8 Å². The lowest BCUT2D eigenvalue weighted by atomic mass is 9.94. The van der Waals surface area contributed by atoms with Gasteiger partial charge in [-0.05, 0) is 55.8 Å². The Morgan fingerprint density at radius 2 is 2.03 bits per heavy atom. The number of aromatic nitrogens is 3. The van der Waals surface area contributed by atoms with E-state index in [1.54, 1.807) is 18.4 Å². The van der Waals surface area contributed by atoms with Crippen LogP contribution in [0.4, 0.5) is 0 Å². The summed E-state index contributed by atoms with van der Waals surface area (Å²) in [5.41, 5.74) is 0.997. The lowest BCUT2D eigenvalue weighted by Gasteiger charge is -2.36. The van der Waals surface area contributed by atoms with E-state index in [2.05, 4.69) is 15.0 Å². The van der Waals surface area contributed by atoms with E-state index in [0.717, 1.165) is 10.4 Å². The van der Waals surface area contributed by atoms with Gasteiger partial charge in [-0.2, -0.15) is 9.50 Å². The Morgan fingerprint density at radius 1 is 1.28 bits per heavy atom. The maximum atomic E-state index is 12.0. The second-order valence-electron chi connectivity index (χ2n) is 7.68. The molecule has 166 valence electrons. The molecular formula is C22H21ClN4O4S. The fourth-order valence-electron chi connectivity index (χ4n) is 4.17. The highest BCUT2D eigenvalue weighted by molar-refractivity contribution is 7.17. The van der Waals surface area contributed by atoms with Gasteiger partial charge in [0, 0.05) is 5.02 Å². The molecule has 4 heterocycles. The highest BCUT2D eigenvalue weighted by atomic mass is 35.5. The molecule has 3 aromatic heterocycles. The predicted octanol–water partition coefficient (Wildman–Crippen LogP) is 4.38. The van der Waals surface area contributed by atoms with Crippen LogP contribution >= 0.6 is 22.9 Å². The first-order chi connectivity index (χ1) is 15.5. The summed E-state index contributed by atoms with van der Waals surface area (Å²) < 4.78 is 11.7. The lowest BCUT2D eigenvalue weighted by Crippen LogP contribution is -2.39. The summed E-state index contributed by atoms with van der Waals surface area (Å²) in [6.45, 7) is 1.38. The summed E-state index contributed by atoms with van der Waals surface area (Å²) in [7, 11) is 1.43. The Bertz CT molecular complexity index is 1230. The average molecular weight is 473 g/mol. The van der Waals surface area contributed by atoms with Crippen LogP contribution in [-0.2, 0) is 9.53 Å². The number of halogens is 1. The molecule has 32 heavy (non-hydrogen) atoms. The van der Waals surface area contributed by atoms with Crippen molar-refractivity contribution in [3.63, 3.8) is 0 Å². The van der Waals surface area contributed by atoms with Crippen molar-refractivity contribution < 1.29 is 19.1 Å². The van der Waals surface area contributed by atoms with Crippen molar-refractivity contribution in [3.05, 3.63) is 58.1 Å². The molecule has 1 N–H and O–H groups in total. The summed E-state index contributed by atoms with van der Waals surface area (Å²) in [5.74, 6) is 0.741. The van der Waals surface area contributed by atoms with E-state index in [9.17, 15) is 9.90 Å². The van der Waals surface area contributed by atoms with Crippen molar-refractivity contribution in [2.45, 2.75) is 18.9 Å². The van der Waals surface area contributed by atoms with Crippen molar-refractivity contribution in [1.82, 2.24) is 19.5 Å². The minimum atomic E-state index is -0.216. The van der Waals surface area contributed by atoms with Gasteiger partial charge in [-0.15, -0.1) is 5.10 Å². The van der Waals surface area contributed by atoms with Gasteiger partial charge in [0.15, 0.2) is 5.76 Å². The molecule has 8 nitrogen and oxygen atoms in total. The van der Waals surface area contributed by atoms with Crippen LogP contribution < -0.4 is 0 Å². The van der Waals surface area contributed by atoms with E-state index in [1.165, 1.54) is 23.0 Å². The van der Waals surface area contributed by atoms with Crippen LogP contribution in [0.1, 0.15) is 29.3 Å². The van der Waals surface area contributed by atoms with Crippen molar-refractivity contribution >= 4 is 33.9 Å². The average Bonchev–Trinajstić information content (AvgIpc) is 3.54. The molecule has 1 fully saturated rings. The Balaban J connectivity index is 1.51. The molecule has 1 aromatic carbocycles. The molecule has 5 rings (SSSR count). The molecule has 0 unspecified atom stereocenters. The summed E-state index contributed by atoms with van der Waals surface area (Å²) in [6, 6.07) is 10.9. The van der Waals surface area contributed by atoms with Gasteiger partial charge in [-0.1, -0.05) is 35.1 Å². The molecule has 1 aliphatic rings. The standard InChI is InChI=1S/C22H21ClN4O4S/c1-30-21(29)14-8-10-26(11-9-14)17(13-4-6-15(23)7-5-13)18-20(28)27-22(32-18)24-19(25-27)16-3-2-12-31-16/h2-7,12,14,17,28H,8-11H2,1H3/t17-/m1/s1. The third kappa shape index (κ3) is 3.76. The normalized spacial score (nSPS) is 16.4. The number of piperidine rings is 1. The fraction of sp³-hybridized carbons (Fsp3) is 0.318. The summed E-state index contributed by atoms with van der Waals surface area (Å²) >= 11 is 7.50. The van der Waals surface area contributed by atoms with E-state index in [0.29, 0.717) is 47.5 Å². The Kier molecular flexibility index (Phi) is 5.62. The molecule has 0 bridgehead atoms. The second kappa shape index (κ2) is 8.57. The Labute approximate surface area is 193 Å². The minimum absolute atomic E-state index is 0.0466. The third-order valence-electron chi connectivity index (χ3n) is 5.80. The quantitative estimate of drug-likeness (QED) is 0.431. The van der Waals surface area contributed by atoms with Crippen LogP contribution in [0.15, 0.2) is 47.1 Å². The van der Waals surface area contributed by atoms with Gasteiger partial charge in [-0.25, -0.2) is 0 Å². The van der Waals surface area contributed by atoms with E-state index in [-0.39, 0.29) is 23.8 Å². The number of aromatic hydroxyl groups is 1. The number of furan rings is 1. The summed E-state index contributed by atoms with van der Waals surface area (Å²) in [4.78, 5) is 20.1. The third-order valence-corrected chi connectivity index (χ3v) is 7.13. The van der Waals surface area contributed by atoms with E-state index in [1.807, 2.05) is 24.3 Å². The van der Waals surface area contributed by atoms with Gasteiger partial charge in [-0.3, -0.25) is 9.69 Å². The van der Waals surface area contributed by atoms with Gasteiger partial charge in [0.1, 0.15) is 0 Å². The number of esters is 1. The maximum Gasteiger partial charge on any atom is 0.308 e. The number of carbonyl (C=O) groups excluding carboxylic acids is 1. The highest BCUT2D eigenvalue weighted by Crippen LogP contribution is 2.42. The van der Waals surface area contributed by atoms with Crippen molar-refractivity contribution in [2.24, 2.45) is 5.92 Å². The number of nitrogens with zero attached hydrogens (tertiary/aromatic N) is 4. The zero-order valence-corrected chi connectivity index (χ0v) is 18.8. The molecule has 0 amide bonds. The van der Waals surface area contributed by atoms with E-state index >= 15 is 0 Å². The number of benzene rings is 1. The number of rotatable bonds is 5. The predicted molar refractivity (Wildman–Crippen MR) is 120 cm³/mol. The first-order valence-electron chi connectivity index (χ1n) is 10.2. The number of thiazole rings is 1. The van der Waals surface area contributed by atoms with Crippen molar-refractivity contribution in [3.8, 4) is 17.5 Å². The van der Waals surface area contributed by atoms with E-state index < -0.39 is 0 Å². The molecule has 1 saturated heterocycles. The van der Waals surface area contributed by atoms with Crippen LogP contribution in [0, 0.1) is 5.92 Å². The lowest BCUT2D eigenvalue weighted by molar-refractivity contribution is -0.147. The largest absolute Gasteiger partial charge is 0.492 e. The molecule has 0 aliphatic carbocycles. The second-order valence-corrected chi connectivity index (χ2v) is 9.13. The Morgan fingerprint density at radius 3 is 2.66 bits per heavy atom. The zero-order chi connectivity index (χ0) is 22.2.